The van der Waals surface area contributed by atoms with E-state index in [-0.39, 0.29) is 5.78 Å². The first kappa shape index (κ1) is 14.9. The predicted molar refractivity (Wildman–Crippen MR) is 83.5 cm³/mol. The van der Waals surface area contributed by atoms with Gasteiger partial charge in [0.2, 0.25) is 0 Å². The number of aryl methyl sites for hydroxylation is 2. The average Bonchev–Trinajstić information content (AvgIpc) is 2.74. The number of benzene rings is 1. The first-order valence-corrected chi connectivity index (χ1v) is 7.87. The van der Waals surface area contributed by atoms with Crippen molar-refractivity contribution in [3.63, 3.8) is 0 Å². The number of nitrogens with zero attached hydrogens (tertiary/aromatic N) is 2. The summed E-state index contributed by atoms with van der Waals surface area (Å²) in [4.78, 5) is 13.2. The van der Waals surface area contributed by atoms with E-state index in [4.69, 9.17) is 0 Å². The van der Waals surface area contributed by atoms with Crippen molar-refractivity contribution in [2.24, 2.45) is 0 Å². The van der Waals surface area contributed by atoms with Crippen LogP contribution in [0, 0.1) is 13.8 Å². The minimum atomic E-state index is 0.182. The second-order valence-corrected chi connectivity index (χ2v) is 5.88. The van der Waals surface area contributed by atoms with Gasteiger partial charge in [0.1, 0.15) is 0 Å². The Labute approximate surface area is 124 Å². The number of carbonyl (C=O) groups excluding carboxylic acids is 1. The highest BCUT2D eigenvalue weighted by Gasteiger charge is 2.16. The number of rotatable bonds is 6. The quantitative estimate of drug-likeness (QED) is 0.597. The highest BCUT2D eigenvalue weighted by Crippen LogP contribution is 2.19. The molecule has 0 unspecified atom stereocenters. The van der Waals surface area contributed by atoms with Gasteiger partial charge in [-0.3, -0.25) is 9.48 Å². The third-order valence-electron chi connectivity index (χ3n) is 3.30. The number of aromatic nitrogens is 2. The lowest BCUT2D eigenvalue weighted by atomic mass is 10.1. The smallest absolute Gasteiger partial charge is 0.166 e. The summed E-state index contributed by atoms with van der Waals surface area (Å²) in [5.41, 5.74) is 2.64. The summed E-state index contributed by atoms with van der Waals surface area (Å²) in [6.45, 7) is 6.61. The van der Waals surface area contributed by atoms with Crippen LogP contribution in [-0.4, -0.2) is 21.3 Å². The van der Waals surface area contributed by atoms with Gasteiger partial charge in [-0.05, 0) is 26.0 Å². The molecule has 0 atom stereocenters. The lowest BCUT2D eigenvalue weighted by molar-refractivity contribution is 0.0987. The second-order valence-electron chi connectivity index (χ2n) is 4.71. The maximum absolute atomic E-state index is 11.9. The first-order chi connectivity index (χ1) is 9.63. The lowest BCUT2D eigenvalue weighted by Crippen LogP contribution is -2.06. The van der Waals surface area contributed by atoms with Crippen LogP contribution in [-0.2, 0) is 6.54 Å². The van der Waals surface area contributed by atoms with E-state index in [2.05, 4.69) is 17.2 Å². The van der Waals surface area contributed by atoms with Gasteiger partial charge in [0.05, 0.1) is 17.8 Å². The van der Waals surface area contributed by atoms with E-state index >= 15 is 0 Å². The fraction of sp³-hybridized carbons (Fsp3) is 0.375. The molecule has 1 heterocycles. The van der Waals surface area contributed by atoms with E-state index in [1.54, 1.807) is 0 Å². The molecule has 0 aliphatic carbocycles. The van der Waals surface area contributed by atoms with Crippen molar-refractivity contribution in [2.45, 2.75) is 38.6 Å². The van der Waals surface area contributed by atoms with Gasteiger partial charge in [0.15, 0.2) is 5.78 Å². The molecular formula is C16H20N2OS. The van der Waals surface area contributed by atoms with Crippen molar-refractivity contribution < 1.29 is 4.79 Å². The average molecular weight is 288 g/mol. The summed E-state index contributed by atoms with van der Waals surface area (Å²) in [5, 5.41) is 4.49. The number of thioether (sulfide) groups is 1. The number of hydrogen-bond donors (Lipinski definition) is 0. The molecule has 0 amide bonds. The fourth-order valence-electron chi connectivity index (χ4n) is 2.26. The molecule has 2 rings (SSSR count). The van der Waals surface area contributed by atoms with Crippen LogP contribution in [0.15, 0.2) is 35.2 Å². The topological polar surface area (TPSA) is 34.9 Å². The second kappa shape index (κ2) is 6.75. The van der Waals surface area contributed by atoms with Crippen molar-refractivity contribution in [3.05, 3.63) is 47.3 Å². The normalized spacial score (nSPS) is 10.8. The van der Waals surface area contributed by atoms with Crippen molar-refractivity contribution in [3.8, 4) is 0 Å². The molecule has 0 saturated heterocycles. The number of hydrogen-bond acceptors (Lipinski definition) is 3. The Kier molecular flexibility index (Phi) is 5.01. The number of carbonyl (C=O) groups is 1. The van der Waals surface area contributed by atoms with Gasteiger partial charge in [-0.15, -0.1) is 11.8 Å². The molecule has 0 N–H and O–H groups in total. The van der Waals surface area contributed by atoms with Crippen LogP contribution in [0.2, 0.25) is 0 Å². The molecule has 2 aromatic rings. The standard InChI is InChI=1S/C16H20N2OS/c1-4-15(19)16-12(2)17-18(13(16)3)10-11-20-14-8-6-5-7-9-14/h5-9H,4,10-11H2,1-3H3. The lowest BCUT2D eigenvalue weighted by Gasteiger charge is -2.05. The van der Waals surface area contributed by atoms with Gasteiger partial charge in [-0.1, -0.05) is 25.1 Å². The fourth-order valence-corrected chi connectivity index (χ4v) is 3.11. The van der Waals surface area contributed by atoms with Crippen molar-refractivity contribution in [2.75, 3.05) is 5.75 Å². The highest BCUT2D eigenvalue weighted by atomic mass is 32.2. The van der Waals surface area contributed by atoms with Crippen LogP contribution < -0.4 is 0 Å². The summed E-state index contributed by atoms with van der Waals surface area (Å²) >= 11 is 1.81. The molecule has 0 aliphatic heterocycles. The molecule has 3 nitrogen and oxygen atoms in total. The molecule has 0 aliphatic rings. The Balaban J connectivity index is 2.02. The molecule has 4 heteroatoms. The molecule has 1 aromatic carbocycles. The zero-order chi connectivity index (χ0) is 14.5. The zero-order valence-corrected chi connectivity index (χ0v) is 13.0. The van der Waals surface area contributed by atoms with Crippen molar-refractivity contribution >= 4 is 17.5 Å². The molecule has 0 bridgehead atoms. The Morgan fingerprint density at radius 1 is 1.25 bits per heavy atom. The molecule has 20 heavy (non-hydrogen) atoms. The zero-order valence-electron chi connectivity index (χ0n) is 12.2. The van der Waals surface area contributed by atoms with Gasteiger partial charge in [-0.25, -0.2) is 0 Å². The maximum atomic E-state index is 11.9. The summed E-state index contributed by atoms with van der Waals surface area (Å²) in [6, 6.07) is 10.3. The third kappa shape index (κ3) is 3.31. The van der Waals surface area contributed by atoms with E-state index in [0.29, 0.717) is 6.42 Å². The van der Waals surface area contributed by atoms with Gasteiger partial charge >= 0.3 is 0 Å². The summed E-state index contributed by atoms with van der Waals surface area (Å²) in [5.74, 6) is 1.13. The van der Waals surface area contributed by atoms with Gasteiger partial charge < -0.3 is 0 Å². The van der Waals surface area contributed by atoms with Crippen molar-refractivity contribution in [1.29, 1.82) is 0 Å². The monoisotopic (exact) mass is 288 g/mol. The minimum Gasteiger partial charge on any atom is -0.294 e. The number of Topliss-reactive ketones (excluding diaryl/α,β-unsaturated/α-hetero) is 1. The minimum absolute atomic E-state index is 0.182. The highest BCUT2D eigenvalue weighted by molar-refractivity contribution is 7.99. The van der Waals surface area contributed by atoms with Crippen LogP contribution in [0.3, 0.4) is 0 Å². The molecule has 0 radical (unpaired) electrons. The van der Waals surface area contributed by atoms with Crippen LogP contribution in [0.1, 0.15) is 35.1 Å². The van der Waals surface area contributed by atoms with Crippen molar-refractivity contribution in [1.82, 2.24) is 9.78 Å². The molecular weight excluding hydrogens is 268 g/mol. The Bertz CT molecular complexity index is 590. The molecule has 106 valence electrons. The molecule has 0 fully saturated rings. The van der Waals surface area contributed by atoms with Crippen LogP contribution in [0.25, 0.3) is 0 Å². The van der Waals surface area contributed by atoms with E-state index < -0.39 is 0 Å². The van der Waals surface area contributed by atoms with Crippen LogP contribution in [0.4, 0.5) is 0 Å². The predicted octanol–water partition coefficient (Wildman–Crippen LogP) is 3.88. The van der Waals surface area contributed by atoms with E-state index in [1.165, 1.54) is 4.90 Å². The van der Waals surface area contributed by atoms with Gasteiger partial charge in [0, 0.05) is 22.8 Å². The van der Waals surface area contributed by atoms with E-state index in [9.17, 15) is 4.79 Å². The van der Waals surface area contributed by atoms with Gasteiger partial charge in [-0.2, -0.15) is 5.10 Å². The molecule has 1 aromatic heterocycles. The largest absolute Gasteiger partial charge is 0.294 e. The van der Waals surface area contributed by atoms with Crippen LogP contribution >= 0.6 is 11.8 Å². The first-order valence-electron chi connectivity index (χ1n) is 6.88. The Hall–Kier alpha value is -1.55. The summed E-state index contributed by atoms with van der Waals surface area (Å²) in [6.07, 6.45) is 0.534. The summed E-state index contributed by atoms with van der Waals surface area (Å²) < 4.78 is 1.95. The van der Waals surface area contributed by atoms with Gasteiger partial charge in [0.25, 0.3) is 0 Å². The third-order valence-corrected chi connectivity index (χ3v) is 4.29. The summed E-state index contributed by atoms with van der Waals surface area (Å²) in [7, 11) is 0. The Morgan fingerprint density at radius 2 is 1.95 bits per heavy atom. The van der Waals surface area contributed by atoms with E-state index in [0.717, 1.165) is 29.2 Å². The molecule has 0 spiro atoms. The SMILES string of the molecule is CCC(=O)c1c(C)nn(CCSc2ccccc2)c1C. The molecule has 0 saturated carbocycles. The van der Waals surface area contributed by atoms with E-state index in [1.807, 2.05) is 55.4 Å². The van der Waals surface area contributed by atoms with Crippen LogP contribution in [0.5, 0.6) is 0 Å². The maximum Gasteiger partial charge on any atom is 0.166 e. The number of ketones is 1. The Morgan fingerprint density at radius 3 is 2.60 bits per heavy atom.